The van der Waals surface area contributed by atoms with Gasteiger partial charge in [-0.15, -0.1) is 6.20 Å². The topological polar surface area (TPSA) is 60.9 Å². The van der Waals surface area contributed by atoms with Crippen molar-refractivity contribution in [1.82, 2.24) is 9.55 Å². The summed E-state index contributed by atoms with van der Waals surface area (Å²) in [5.74, 6) is 0.207. The minimum Gasteiger partial charge on any atom is -0.384 e. The van der Waals surface area contributed by atoms with Crippen LogP contribution in [0.2, 0.25) is 0 Å². The monoisotopic (exact) mass is 209 g/mol. The summed E-state index contributed by atoms with van der Waals surface area (Å²) in [6, 6.07) is 2.36. The van der Waals surface area contributed by atoms with Gasteiger partial charge >= 0.3 is 58.2 Å². The van der Waals surface area contributed by atoms with Crippen molar-refractivity contribution < 1.29 is 58.2 Å². The van der Waals surface area contributed by atoms with E-state index in [2.05, 4.69) is 11.1 Å². The Balaban J connectivity index is 0.000000810. The van der Waals surface area contributed by atoms with Crippen LogP contribution in [0.4, 0.5) is 5.95 Å². The van der Waals surface area contributed by atoms with Crippen molar-refractivity contribution in [2.45, 2.75) is 0 Å². The Kier molecular flexibility index (Phi) is 4.59. The first-order valence-corrected chi connectivity index (χ1v) is 2.41. The third-order valence-corrected chi connectivity index (χ3v) is 1.03. The van der Waals surface area contributed by atoms with Gasteiger partial charge in [0.05, 0.1) is 5.56 Å². The van der Waals surface area contributed by atoms with E-state index in [-0.39, 0.29) is 69.7 Å². The van der Waals surface area contributed by atoms with Crippen molar-refractivity contribution in [3.63, 3.8) is 0 Å². The van der Waals surface area contributed by atoms with Crippen LogP contribution in [0.15, 0.2) is 11.0 Å². The first kappa shape index (κ1) is 10.5. The zero-order chi connectivity index (χ0) is 6.85. The number of hydrogen-bond donors (Lipinski definition) is 1. The molecular formula is C5H6N3ORb. The summed E-state index contributed by atoms with van der Waals surface area (Å²) >= 11 is 0. The van der Waals surface area contributed by atoms with Gasteiger partial charge in [0.15, 0.2) is 5.95 Å². The van der Waals surface area contributed by atoms with Gasteiger partial charge in [0, 0.05) is 7.05 Å². The van der Waals surface area contributed by atoms with Crippen molar-refractivity contribution in [2.75, 3.05) is 5.73 Å². The van der Waals surface area contributed by atoms with E-state index < -0.39 is 0 Å². The average Bonchev–Trinajstić information content (AvgIpc) is 1.83. The number of aromatic nitrogens is 2. The van der Waals surface area contributed by atoms with E-state index in [0.29, 0.717) is 0 Å². The summed E-state index contributed by atoms with van der Waals surface area (Å²) in [7, 11) is 1.54. The zero-order valence-corrected chi connectivity index (χ0v) is 10.9. The maximum atomic E-state index is 10.6. The number of rotatable bonds is 0. The number of hydrogen-bond acceptors (Lipinski definition) is 3. The molecule has 0 aliphatic heterocycles. The molecule has 1 rings (SSSR count). The first-order chi connectivity index (χ1) is 4.22. The fourth-order valence-electron chi connectivity index (χ4n) is 0.441. The quantitative estimate of drug-likeness (QED) is 0.446. The van der Waals surface area contributed by atoms with E-state index >= 15 is 0 Å². The van der Waals surface area contributed by atoms with Gasteiger partial charge in [0.2, 0.25) is 0 Å². The fourth-order valence-corrected chi connectivity index (χ4v) is 0.441. The van der Waals surface area contributed by atoms with Gasteiger partial charge in [-0.1, -0.05) is 0 Å². The molecule has 0 fully saturated rings. The SMILES string of the molecule is Cn1c(N)nc[c-]c1=O.[Rb+]. The van der Waals surface area contributed by atoms with E-state index in [4.69, 9.17) is 5.73 Å². The van der Waals surface area contributed by atoms with Gasteiger partial charge in [-0.25, -0.2) is 0 Å². The molecule has 1 aromatic heterocycles. The summed E-state index contributed by atoms with van der Waals surface area (Å²) in [6.07, 6.45) is 1.26. The van der Waals surface area contributed by atoms with Crippen molar-refractivity contribution in [1.29, 1.82) is 0 Å². The maximum Gasteiger partial charge on any atom is 1.00 e. The van der Waals surface area contributed by atoms with Crippen LogP contribution >= 0.6 is 0 Å². The Morgan fingerprint density at radius 3 is 2.80 bits per heavy atom. The fraction of sp³-hybridized carbons (Fsp3) is 0.200. The van der Waals surface area contributed by atoms with E-state index in [1.165, 1.54) is 10.8 Å². The molecule has 1 aromatic rings. The Labute approximate surface area is 107 Å². The standard InChI is InChI=1S/C5H6N3O.Rb/c1-8-4(9)2-3-7-5(8)6;/h3H,1H3,(H2,6,7);/q-1;+1. The van der Waals surface area contributed by atoms with E-state index in [9.17, 15) is 4.79 Å². The molecule has 0 atom stereocenters. The van der Waals surface area contributed by atoms with Crippen molar-refractivity contribution in [3.8, 4) is 0 Å². The zero-order valence-electron chi connectivity index (χ0n) is 5.96. The Morgan fingerprint density at radius 2 is 2.40 bits per heavy atom. The van der Waals surface area contributed by atoms with E-state index in [0.717, 1.165) is 0 Å². The molecule has 0 radical (unpaired) electrons. The number of nitrogens with zero attached hydrogens (tertiary/aromatic N) is 2. The van der Waals surface area contributed by atoms with Crippen LogP contribution in [0, 0.1) is 6.07 Å². The van der Waals surface area contributed by atoms with Gasteiger partial charge in [-0.05, 0) is 0 Å². The van der Waals surface area contributed by atoms with Crippen molar-refractivity contribution in [2.24, 2.45) is 7.05 Å². The van der Waals surface area contributed by atoms with Gasteiger partial charge in [-0.3, -0.25) is 4.98 Å². The van der Waals surface area contributed by atoms with Crippen LogP contribution in [0.5, 0.6) is 0 Å². The van der Waals surface area contributed by atoms with Crippen LogP contribution in [-0.2, 0) is 7.05 Å². The van der Waals surface area contributed by atoms with Crippen LogP contribution in [0.3, 0.4) is 0 Å². The summed E-state index contributed by atoms with van der Waals surface area (Å²) in [6.45, 7) is 0. The molecule has 0 saturated heterocycles. The summed E-state index contributed by atoms with van der Waals surface area (Å²) in [5.41, 5.74) is 4.99. The summed E-state index contributed by atoms with van der Waals surface area (Å²) < 4.78 is 1.22. The van der Waals surface area contributed by atoms with E-state index in [1.54, 1.807) is 7.05 Å². The molecule has 0 aliphatic carbocycles. The van der Waals surface area contributed by atoms with Gasteiger partial charge in [0.1, 0.15) is 0 Å². The number of nitrogens with two attached hydrogens (primary N) is 1. The largest absolute Gasteiger partial charge is 1.00 e. The van der Waals surface area contributed by atoms with Crippen LogP contribution in [-0.4, -0.2) is 9.55 Å². The normalized spacial score (nSPS) is 8.50. The Bertz CT molecular complexity index is 270. The molecular weight excluding hydrogens is 204 g/mol. The van der Waals surface area contributed by atoms with Crippen LogP contribution in [0.1, 0.15) is 0 Å². The Hall–Kier alpha value is 0.485. The first-order valence-electron chi connectivity index (χ1n) is 2.41. The molecule has 0 amide bonds. The smallest absolute Gasteiger partial charge is 0.384 e. The molecule has 1 heterocycles. The molecule has 5 heteroatoms. The summed E-state index contributed by atoms with van der Waals surface area (Å²) in [4.78, 5) is 14.3. The van der Waals surface area contributed by atoms with E-state index in [1.807, 2.05) is 0 Å². The van der Waals surface area contributed by atoms with Crippen molar-refractivity contribution in [3.05, 3.63) is 22.6 Å². The molecule has 48 valence electrons. The summed E-state index contributed by atoms with van der Waals surface area (Å²) in [5, 5.41) is 0. The average molecular weight is 210 g/mol. The number of nitrogen functional groups attached to an aromatic ring is 1. The molecule has 0 bridgehead atoms. The second kappa shape index (κ2) is 4.38. The van der Waals surface area contributed by atoms with Crippen LogP contribution in [0.25, 0.3) is 0 Å². The minimum absolute atomic E-state index is 0. The second-order valence-electron chi connectivity index (χ2n) is 1.62. The third kappa shape index (κ3) is 2.27. The molecule has 2 N–H and O–H groups in total. The van der Waals surface area contributed by atoms with Gasteiger partial charge in [0.25, 0.3) is 0 Å². The van der Waals surface area contributed by atoms with Crippen LogP contribution < -0.4 is 69.5 Å². The predicted octanol–water partition coefficient (Wildman–Crippen LogP) is -3.83. The molecule has 0 saturated carbocycles. The molecule has 0 unspecified atom stereocenters. The van der Waals surface area contributed by atoms with Crippen molar-refractivity contribution >= 4 is 5.95 Å². The Morgan fingerprint density at radius 1 is 1.80 bits per heavy atom. The second-order valence-corrected chi connectivity index (χ2v) is 1.62. The number of anilines is 1. The van der Waals surface area contributed by atoms with Gasteiger partial charge in [-0.2, -0.15) is 0 Å². The molecule has 10 heavy (non-hydrogen) atoms. The predicted molar refractivity (Wildman–Crippen MR) is 32.7 cm³/mol. The molecule has 0 aromatic carbocycles. The molecule has 4 nitrogen and oxygen atoms in total. The molecule has 0 spiro atoms. The maximum absolute atomic E-state index is 10.6. The minimum atomic E-state index is -0.262. The van der Waals surface area contributed by atoms with Gasteiger partial charge < -0.3 is 21.2 Å². The third-order valence-electron chi connectivity index (χ3n) is 1.03. The molecule has 0 aliphatic rings.